The third-order valence-electron chi connectivity index (χ3n) is 3.18. The van der Waals surface area contributed by atoms with E-state index in [4.69, 9.17) is 8.94 Å². The fraction of sp³-hybridized carbons (Fsp3) is 0.583. The maximum Gasteiger partial charge on any atom is 0.315 e. The molecule has 0 radical (unpaired) electrons. The molecule has 1 fully saturated rings. The van der Waals surface area contributed by atoms with E-state index >= 15 is 0 Å². The molecule has 1 saturated carbocycles. The van der Waals surface area contributed by atoms with Gasteiger partial charge in [0.05, 0.1) is 12.2 Å². The van der Waals surface area contributed by atoms with Crippen molar-refractivity contribution in [2.24, 2.45) is 0 Å². The molecule has 3 rings (SSSR count). The quantitative estimate of drug-likeness (QED) is 0.817. The number of aromatic nitrogens is 3. The molecule has 19 heavy (non-hydrogen) atoms. The number of rotatable bonds is 6. The molecule has 1 aliphatic rings. The third-order valence-corrected chi connectivity index (χ3v) is 3.18. The Balaban J connectivity index is 1.54. The molecule has 0 aromatic carbocycles. The summed E-state index contributed by atoms with van der Waals surface area (Å²) in [4.78, 5) is 0. The summed E-state index contributed by atoms with van der Waals surface area (Å²) in [5.41, 5.74) is 1.90. The second-order valence-electron chi connectivity index (χ2n) is 4.81. The van der Waals surface area contributed by atoms with Crippen molar-refractivity contribution in [3.63, 3.8) is 0 Å². The average molecular weight is 263 g/mol. The first-order valence-electron chi connectivity index (χ1n) is 6.44. The van der Waals surface area contributed by atoms with E-state index < -0.39 is 0 Å². The molecule has 0 saturated heterocycles. The van der Waals surface area contributed by atoms with E-state index in [2.05, 4.69) is 26.0 Å². The molecule has 7 heteroatoms. The molecule has 2 heterocycles. The molecular formula is C12H17N5O2. The molecule has 2 aromatic rings. The fourth-order valence-corrected chi connectivity index (χ4v) is 1.83. The van der Waals surface area contributed by atoms with Crippen LogP contribution in [0.4, 0.5) is 6.01 Å². The zero-order valence-electron chi connectivity index (χ0n) is 11.1. The summed E-state index contributed by atoms with van der Waals surface area (Å²) in [5.74, 6) is 1.41. The highest BCUT2D eigenvalue weighted by Gasteiger charge is 2.21. The Hall–Kier alpha value is -1.89. The van der Waals surface area contributed by atoms with Gasteiger partial charge in [-0.1, -0.05) is 10.3 Å². The molecule has 0 spiro atoms. The van der Waals surface area contributed by atoms with E-state index in [1.807, 2.05) is 13.8 Å². The first kappa shape index (κ1) is 12.2. The number of aryl methyl sites for hydroxylation is 2. The van der Waals surface area contributed by atoms with Gasteiger partial charge in [-0.2, -0.15) is 0 Å². The Morgan fingerprint density at radius 1 is 1.21 bits per heavy atom. The van der Waals surface area contributed by atoms with Crippen LogP contribution in [0, 0.1) is 13.8 Å². The normalized spacial score (nSPS) is 14.8. The van der Waals surface area contributed by atoms with Gasteiger partial charge in [-0.05, 0) is 26.7 Å². The Kier molecular flexibility index (Phi) is 3.20. The van der Waals surface area contributed by atoms with Crippen LogP contribution in [-0.4, -0.2) is 21.4 Å². The van der Waals surface area contributed by atoms with E-state index in [1.165, 1.54) is 12.8 Å². The number of nitrogens with one attached hydrogen (secondary N) is 2. The van der Waals surface area contributed by atoms with Crippen LogP contribution >= 0.6 is 0 Å². The predicted molar refractivity (Wildman–Crippen MR) is 67.5 cm³/mol. The minimum atomic E-state index is 0.424. The van der Waals surface area contributed by atoms with Crippen LogP contribution in [0.5, 0.6) is 0 Å². The predicted octanol–water partition coefficient (Wildman–Crippen LogP) is 1.54. The monoisotopic (exact) mass is 263 g/mol. The molecular weight excluding hydrogens is 246 g/mol. The van der Waals surface area contributed by atoms with Gasteiger partial charge >= 0.3 is 6.01 Å². The van der Waals surface area contributed by atoms with Crippen LogP contribution in [-0.2, 0) is 13.1 Å². The van der Waals surface area contributed by atoms with Crippen LogP contribution in [0.25, 0.3) is 0 Å². The lowest BCUT2D eigenvalue weighted by atomic mass is 10.2. The highest BCUT2D eigenvalue weighted by molar-refractivity contribution is 5.27. The first-order valence-corrected chi connectivity index (χ1v) is 6.44. The maximum atomic E-state index is 5.49. The van der Waals surface area contributed by atoms with Crippen LogP contribution in [0.1, 0.15) is 35.7 Å². The lowest BCUT2D eigenvalue weighted by Crippen LogP contribution is -2.15. The smallest absolute Gasteiger partial charge is 0.315 e. The zero-order chi connectivity index (χ0) is 13.2. The SMILES string of the molecule is Cc1noc(C)c1CNc1nnc(CNC2CC2)o1. The van der Waals surface area contributed by atoms with Crippen molar-refractivity contribution in [3.05, 3.63) is 22.9 Å². The van der Waals surface area contributed by atoms with Gasteiger partial charge < -0.3 is 19.6 Å². The lowest BCUT2D eigenvalue weighted by Gasteiger charge is -2.00. The summed E-state index contributed by atoms with van der Waals surface area (Å²) < 4.78 is 10.6. The standard InChI is InChI=1S/C12H17N5O2/c1-7-10(8(2)19-17-7)5-14-12-16-15-11(18-12)6-13-9-3-4-9/h9,13H,3-6H2,1-2H3,(H,14,16). The minimum Gasteiger partial charge on any atom is -0.407 e. The van der Waals surface area contributed by atoms with E-state index in [-0.39, 0.29) is 0 Å². The molecule has 2 N–H and O–H groups in total. The summed E-state index contributed by atoms with van der Waals surface area (Å²) in [6.07, 6.45) is 2.48. The molecule has 7 nitrogen and oxygen atoms in total. The Morgan fingerprint density at radius 2 is 2.05 bits per heavy atom. The van der Waals surface area contributed by atoms with Gasteiger partial charge in [-0.3, -0.25) is 0 Å². The van der Waals surface area contributed by atoms with Gasteiger partial charge in [-0.15, -0.1) is 5.10 Å². The molecule has 0 atom stereocenters. The van der Waals surface area contributed by atoms with Gasteiger partial charge in [0.1, 0.15) is 5.76 Å². The number of nitrogens with zero attached hydrogens (tertiary/aromatic N) is 3. The molecule has 0 aliphatic heterocycles. The van der Waals surface area contributed by atoms with Crippen molar-refractivity contribution in [1.29, 1.82) is 0 Å². The highest BCUT2D eigenvalue weighted by Crippen LogP contribution is 2.19. The topological polar surface area (TPSA) is 89.0 Å². The Bertz CT molecular complexity index is 539. The fourth-order valence-electron chi connectivity index (χ4n) is 1.83. The Labute approximate surface area is 110 Å². The summed E-state index contributed by atoms with van der Waals surface area (Å²) in [7, 11) is 0. The van der Waals surface area contributed by atoms with E-state index in [0.717, 1.165) is 17.0 Å². The Morgan fingerprint density at radius 3 is 2.74 bits per heavy atom. The second kappa shape index (κ2) is 5.00. The van der Waals surface area contributed by atoms with Crippen LogP contribution in [0.15, 0.2) is 8.94 Å². The average Bonchev–Trinajstić information content (AvgIpc) is 3.04. The van der Waals surface area contributed by atoms with E-state index in [1.54, 1.807) is 0 Å². The number of hydrogen-bond acceptors (Lipinski definition) is 7. The van der Waals surface area contributed by atoms with Crippen LogP contribution in [0.2, 0.25) is 0 Å². The molecule has 0 unspecified atom stereocenters. The van der Waals surface area contributed by atoms with Crippen LogP contribution < -0.4 is 10.6 Å². The largest absolute Gasteiger partial charge is 0.407 e. The molecule has 1 aliphatic carbocycles. The van der Waals surface area contributed by atoms with Crippen molar-refractivity contribution in [2.45, 2.75) is 45.8 Å². The van der Waals surface area contributed by atoms with Gasteiger partial charge in [0, 0.05) is 18.2 Å². The van der Waals surface area contributed by atoms with Crippen molar-refractivity contribution < 1.29 is 8.94 Å². The minimum absolute atomic E-state index is 0.424. The van der Waals surface area contributed by atoms with Crippen molar-refractivity contribution in [2.75, 3.05) is 5.32 Å². The van der Waals surface area contributed by atoms with Gasteiger partial charge in [0.2, 0.25) is 5.89 Å². The number of hydrogen-bond donors (Lipinski definition) is 2. The summed E-state index contributed by atoms with van der Waals surface area (Å²) >= 11 is 0. The van der Waals surface area contributed by atoms with Gasteiger partial charge in [0.25, 0.3) is 0 Å². The molecule has 102 valence electrons. The third kappa shape index (κ3) is 2.93. The second-order valence-corrected chi connectivity index (χ2v) is 4.81. The summed E-state index contributed by atoms with van der Waals surface area (Å²) in [6, 6.07) is 1.05. The number of anilines is 1. The van der Waals surface area contributed by atoms with E-state index in [0.29, 0.717) is 31.0 Å². The summed E-state index contributed by atoms with van der Waals surface area (Å²) in [6.45, 7) is 4.99. The molecule has 2 aromatic heterocycles. The van der Waals surface area contributed by atoms with E-state index in [9.17, 15) is 0 Å². The first-order chi connectivity index (χ1) is 9.22. The zero-order valence-corrected chi connectivity index (χ0v) is 11.1. The lowest BCUT2D eigenvalue weighted by molar-refractivity contribution is 0.392. The van der Waals surface area contributed by atoms with Crippen LogP contribution in [0.3, 0.4) is 0 Å². The molecule has 0 amide bonds. The summed E-state index contributed by atoms with van der Waals surface area (Å²) in [5, 5.41) is 18.2. The maximum absolute atomic E-state index is 5.49. The highest BCUT2D eigenvalue weighted by atomic mass is 16.5. The van der Waals surface area contributed by atoms with Gasteiger partial charge in [-0.25, -0.2) is 0 Å². The van der Waals surface area contributed by atoms with Crippen molar-refractivity contribution >= 4 is 6.01 Å². The van der Waals surface area contributed by atoms with Crippen molar-refractivity contribution in [1.82, 2.24) is 20.7 Å². The van der Waals surface area contributed by atoms with Gasteiger partial charge in [0.15, 0.2) is 0 Å². The van der Waals surface area contributed by atoms with Crippen molar-refractivity contribution in [3.8, 4) is 0 Å². The molecule has 0 bridgehead atoms.